The number of thioether (sulfide) groups is 1. The highest BCUT2D eigenvalue weighted by Gasteiger charge is 2.40. The second-order valence-corrected chi connectivity index (χ2v) is 9.76. The molecule has 0 bridgehead atoms. The smallest absolute Gasteiger partial charge is 0.298 e. The van der Waals surface area contributed by atoms with Crippen molar-refractivity contribution in [1.29, 1.82) is 0 Å². The highest BCUT2D eigenvalue weighted by molar-refractivity contribution is 7.98. The van der Waals surface area contributed by atoms with Crippen molar-refractivity contribution >= 4 is 75.9 Å². The van der Waals surface area contributed by atoms with Gasteiger partial charge in [0.2, 0.25) is 0 Å². The third kappa shape index (κ3) is 5.44. The summed E-state index contributed by atoms with van der Waals surface area (Å²) in [5.41, 5.74) is -1.04. The van der Waals surface area contributed by atoms with Crippen LogP contribution in [-0.4, -0.2) is 26.7 Å². The van der Waals surface area contributed by atoms with Gasteiger partial charge in [-0.2, -0.15) is 18.3 Å². The Balaban J connectivity index is 1.77. The van der Waals surface area contributed by atoms with E-state index in [1.54, 1.807) is 24.3 Å². The number of anilines is 1. The maximum Gasteiger partial charge on any atom is 0.435 e. The van der Waals surface area contributed by atoms with Gasteiger partial charge in [0, 0.05) is 28.4 Å². The molecule has 1 aliphatic rings. The van der Waals surface area contributed by atoms with Gasteiger partial charge in [0.1, 0.15) is 10.6 Å². The molecule has 13 heteroatoms. The molecule has 2 amide bonds. The van der Waals surface area contributed by atoms with Crippen LogP contribution in [0.2, 0.25) is 10.0 Å². The summed E-state index contributed by atoms with van der Waals surface area (Å²) in [5.74, 6) is -1.50. The van der Waals surface area contributed by atoms with Crippen molar-refractivity contribution in [2.75, 3.05) is 4.90 Å². The molecule has 0 saturated carbocycles. The average molecular weight is 571 g/mol. The Labute approximate surface area is 223 Å². The SMILES string of the molecule is Cn1nc(C(F)(F)F)c(C=C2C(=O)NC(=S)N(c3ccc(Cl)cc3)C2=O)c1SCc1ccc(Cl)cc1. The number of benzene rings is 2. The third-order valence-electron chi connectivity index (χ3n) is 5.06. The fourth-order valence-electron chi connectivity index (χ4n) is 3.39. The van der Waals surface area contributed by atoms with Gasteiger partial charge in [0.05, 0.1) is 5.69 Å². The molecule has 1 aliphatic heterocycles. The molecule has 4 rings (SSSR count). The van der Waals surface area contributed by atoms with E-state index in [4.69, 9.17) is 35.4 Å². The third-order valence-corrected chi connectivity index (χ3v) is 7.09. The van der Waals surface area contributed by atoms with E-state index < -0.39 is 34.8 Å². The van der Waals surface area contributed by atoms with Crippen LogP contribution in [0.3, 0.4) is 0 Å². The molecular weight excluding hydrogens is 556 g/mol. The van der Waals surface area contributed by atoms with Crippen molar-refractivity contribution in [3.05, 3.63) is 81.0 Å². The Morgan fingerprint density at radius 3 is 2.22 bits per heavy atom. The number of hydrogen-bond donors (Lipinski definition) is 1. The Kier molecular flexibility index (Phi) is 7.46. The number of carbonyl (C=O) groups excluding carboxylic acids is 2. The zero-order valence-corrected chi connectivity index (χ0v) is 21.4. The van der Waals surface area contributed by atoms with Gasteiger partial charge in [-0.15, -0.1) is 11.8 Å². The van der Waals surface area contributed by atoms with E-state index in [9.17, 15) is 22.8 Å². The second-order valence-electron chi connectivity index (χ2n) is 7.54. The topological polar surface area (TPSA) is 67.2 Å². The standard InChI is InChI=1S/C23H15Cl2F3N4O2S2/c1-31-21(36-11-12-2-4-13(24)5-3-12)16(18(30-31)23(26,27)28)10-17-19(33)29-22(35)32(20(17)34)15-8-6-14(25)7-9-15/h2-10H,11H2,1H3,(H,29,33,35). The first-order chi connectivity index (χ1) is 17.0. The van der Waals surface area contributed by atoms with Gasteiger partial charge in [0.25, 0.3) is 11.8 Å². The van der Waals surface area contributed by atoms with Gasteiger partial charge in [0.15, 0.2) is 10.8 Å². The summed E-state index contributed by atoms with van der Waals surface area (Å²) in [6, 6.07) is 12.9. The monoisotopic (exact) mass is 570 g/mol. The van der Waals surface area contributed by atoms with E-state index in [0.717, 1.165) is 33.0 Å². The number of aryl methyl sites for hydroxylation is 1. The molecule has 0 atom stereocenters. The molecule has 0 aliphatic carbocycles. The minimum absolute atomic E-state index is 0.122. The maximum absolute atomic E-state index is 13.9. The number of amides is 2. The Bertz CT molecular complexity index is 1390. The lowest BCUT2D eigenvalue weighted by Gasteiger charge is -2.29. The first-order valence-corrected chi connectivity index (χ1v) is 12.3. The fraction of sp³-hybridized carbons (Fsp3) is 0.130. The number of aromatic nitrogens is 2. The van der Waals surface area contributed by atoms with E-state index in [1.165, 1.54) is 31.3 Å². The number of halogens is 5. The maximum atomic E-state index is 13.9. The van der Waals surface area contributed by atoms with Gasteiger partial charge in [-0.25, -0.2) is 0 Å². The number of rotatable bonds is 5. The number of carbonyl (C=O) groups is 2. The van der Waals surface area contributed by atoms with Crippen LogP contribution in [0.4, 0.5) is 18.9 Å². The molecule has 1 aromatic heterocycles. The second kappa shape index (κ2) is 10.3. The summed E-state index contributed by atoms with van der Waals surface area (Å²) in [6.07, 6.45) is -3.93. The van der Waals surface area contributed by atoms with Gasteiger partial charge in [-0.05, 0) is 60.3 Å². The minimum Gasteiger partial charge on any atom is -0.298 e. The van der Waals surface area contributed by atoms with Crippen LogP contribution in [0.1, 0.15) is 16.8 Å². The summed E-state index contributed by atoms with van der Waals surface area (Å²) < 4.78 is 42.7. The molecule has 1 fully saturated rings. The van der Waals surface area contributed by atoms with E-state index in [2.05, 4.69) is 10.4 Å². The van der Waals surface area contributed by atoms with E-state index in [-0.39, 0.29) is 10.1 Å². The summed E-state index contributed by atoms with van der Waals surface area (Å²) in [6.45, 7) is 0. The zero-order chi connectivity index (χ0) is 26.2. The van der Waals surface area contributed by atoms with E-state index >= 15 is 0 Å². The molecule has 0 spiro atoms. The Morgan fingerprint density at radius 2 is 1.64 bits per heavy atom. The molecule has 3 aromatic rings. The molecule has 1 saturated heterocycles. The van der Waals surface area contributed by atoms with Crippen LogP contribution in [0.5, 0.6) is 0 Å². The number of hydrogen-bond acceptors (Lipinski definition) is 5. The van der Waals surface area contributed by atoms with Crippen LogP contribution in [-0.2, 0) is 28.6 Å². The molecular formula is C23H15Cl2F3N4O2S2. The van der Waals surface area contributed by atoms with Crippen molar-refractivity contribution in [3.8, 4) is 0 Å². The quantitative estimate of drug-likeness (QED) is 0.180. The summed E-state index contributed by atoms with van der Waals surface area (Å²) in [5, 5.41) is 6.84. The molecule has 2 aromatic carbocycles. The minimum atomic E-state index is -4.83. The normalized spacial score (nSPS) is 15.6. The van der Waals surface area contributed by atoms with Crippen molar-refractivity contribution in [1.82, 2.24) is 15.1 Å². The highest BCUT2D eigenvalue weighted by Crippen LogP contribution is 2.38. The first kappa shape index (κ1) is 26.2. The Morgan fingerprint density at radius 1 is 1.06 bits per heavy atom. The summed E-state index contributed by atoms with van der Waals surface area (Å²) in [7, 11) is 1.36. The predicted molar refractivity (Wildman–Crippen MR) is 137 cm³/mol. The number of nitrogens with one attached hydrogen (secondary N) is 1. The first-order valence-electron chi connectivity index (χ1n) is 10.1. The number of alkyl halides is 3. The average Bonchev–Trinajstić information content (AvgIpc) is 3.13. The van der Waals surface area contributed by atoms with Crippen molar-refractivity contribution in [3.63, 3.8) is 0 Å². The van der Waals surface area contributed by atoms with Crippen LogP contribution < -0.4 is 10.2 Å². The molecule has 0 unspecified atom stereocenters. The highest BCUT2D eigenvalue weighted by atomic mass is 35.5. The number of thiocarbonyl (C=S) groups is 1. The van der Waals surface area contributed by atoms with Crippen LogP contribution in [0.25, 0.3) is 6.08 Å². The van der Waals surface area contributed by atoms with Gasteiger partial charge in [-0.3, -0.25) is 24.5 Å². The lowest BCUT2D eigenvalue weighted by atomic mass is 10.1. The molecule has 36 heavy (non-hydrogen) atoms. The lowest BCUT2D eigenvalue weighted by Crippen LogP contribution is -2.54. The molecule has 0 radical (unpaired) electrons. The lowest BCUT2D eigenvalue weighted by molar-refractivity contribution is -0.141. The molecule has 186 valence electrons. The van der Waals surface area contributed by atoms with Crippen LogP contribution >= 0.6 is 47.2 Å². The summed E-state index contributed by atoms with van der Waals surface area (Å²) in [4.78, 5) is 27.0. The van der Waals surface area contributed by atoms with Crippen molar-refractivity contribution in [2.45, 2.75) is 17.0 Å². The van der Waals surface area contributed by atoms with Crippen molar-refractivity contribution in [2.24, 2.45) is 7.05 Å². The summed E-state index contributed by atoms with van der Waals surface area (Å²) >= 11 is 18.0. The zero-order valence-electron chi connectivity index (χ0n) is 18.3. The molecule has 1 N–H and O–H groups in total. The van der Waals surface area contributed by atoms with Crippen molar-refractivity contribution < 1.29 is 22.8 Å². The van der Waals surface area contributed by atoms with Gasteiger partial charge >= 0.3 is 6.18 Å². The van der Waals surface area contributed by atoms with Gasteiger partial charge < -0.3 is 0 Å². The predicted octanol–water partition coefficient (Wildman–Crippen LogP) is 5.87. The molecule has 2 heterocycles. The molecule has 6 nitrogen and oxygen atoms in total. The van der Waals surface area contributed by atoms with Gasteiger partial charge in [-0.1, -0.05) is 35.3 Å². The largest absolute Gasteiger partial charge is 0.435 e. The fourth-order valence-corrected chi connectivity index (χ4v) is 4.96. The van der Waals surface area contributed by atoms with E-state index in [0.29, 0.717) is 21.5 Å². The number of nitrogens with zero attached hydrogens (tertiary/aromatic N) is 3. The van der Waals surface area contributed by atoms with Crippen LogP contribution in [0.15, 0.2) is 59.1 Å². The van der Waals surface area contributed by atoms with E-state index in [1.807, 2.05) is 0 Å². The Hall–Kier alpha value is -2.86. The van der Waals surface area contributed by atoms with Crippen LogP contribution in [0, 0.1) is 0 Å².